The van der Waals surface area contributed by atoms with Crippen LogP contribution in [0.15, 0.2) is 72.8 Å². The highest BCUT2D eigenvalue weighted by Crippen LogP contribution is 2.41. The zero-order chi connectivity index (χ0) is 18.4. The minimum absolute atomic E-state index is 0.192. The lowest BCUT2D eigenvalue weighted by molar-refractivity contribution is 0.477. The van der Waals surface area contributed by atoms with Gasteiger partial charge in [0.2, 0.25) is 5.95 Å². The number of anilines is 1. The first-order chi connectivity index (χ1) is 13.2. The van der Waals surface area contributed by atoms with Crippen molar-refractivity contribution in [3.63, 3.8) is 0 Å². The van der Waals surface area contributed by atoms with Crippen LogP contribution in [0.2, 0.25) is 5.02 Å². The van der Waals surface area contributed by atoms with Gasteiger partial charge in [0.15, 0.2) is 0 Å². The van der Waals surface area contributed by atoms with Gasteiger partial charge in [0, 0.05) is 5.02 Å². The van der Waals surface area contributed by atoms with Gasteiger partial charge in [0.1, 0.15) is 0 Å². The number of aryl methyl sites for hydroxylation is 1. The van der Waals surface area contributed by atoms with Crippen molar-refractivity contribution in [1.82, 2.24) is 9.55 Å². The van der Waals surface area contributed by atoms with Crippen LogP contribution in [0.1, 0.15) is 35.2 Å². The maximum atomic E-state index is 6.09. The standard InChI is InChI=1S/C23H20ClN3/c1-15-5-4-6-17(13-15)22-14-20(16-9-11-18(24)12-10-16)26-23-25-19-7-2-3-8-21(19)27(22)23/h2-13,20,22H,14H2,1H3,(H,25,26)/t20-,22+/m0/s1. The van der Waals surface area contributed by atoms with Crippen molar-refractivity contribution in [1.29, 1.82) is 0 Å². The van der Waals surface area contributed by atoms with E-state index in [2.05, 4.69) is 71.4 Å². The van der Waals surface area contributed by atoms with Gasteiger partial charge in [-0.1, -0.05) is 65.7 Å². The molecule has 1 N–H and O–H groups in total. The van der Waals surface area contributed by atoms with Crippen LogP contribution in [-0.4, -0.2) is 9.55 Å². The molecule has 27 heavy (non-hydrogen) atoms. The van der Waals surface area contributed by atoms with Gasteiger partial charge in [0.05, 0.1) is 23.1 Å². The van der Waals surface area contributed by atoms with Crippen LogP contribution in [0.25, 0.3) is 11.0 Å². The number of benzene rings is 3. The van der Waals surface area contributed by atoms with E-state index in [0.717, 1.165) is 22.9 Å². The summed E-state index contributed by atoms with van der Waals surface area (Å²) < 4.78 is 2.34. The Morgan fingerprint density at radius 1 is 0.963 bits per heavy atom. The smallest absolute Gasteiger partial charge is 0.204 e. The number of hydrogen-bond acceptors (Lipinski definition) is 2. The van der Waals surface area contributed by atoms with Crippen molar-refractivity contribution in [3.05, 3.63) is 94.5 Å². The molecular formula is C23H20ClN3. The molecule has 4 heteroatoms. The quantitative estimate of drug-likeness (QED) is 0.457. The first-order valence-corrected chi connectivity index (χ1v) is 9.62. The molecule has 2 heterocycles. The Balaban J connectivity index is 1.67. The largest absolute Gasteiger partial charge is 0.349 e. The van der Waals surface area contributed by atoms with E-state index in [0.29, 0.717) is 0 Å². The lowest BCUT2D eigenvalue weighted by atomic mass is 9.92. The Hall–Kier alpha value is -2.78. The molecule has 1 aromatic heterocycles. The molecular weight excluding hydrogens is 354 g/mol. The predicted molar refractivity (Wildman–Crippen MR) is 111 cm³/mol. The number of hydrogen-bond donors (Lipinski definition) is 1. The molecule has 1 aliphatic heterocycles. The van der Waals surface area contributed by atoms with Crippen molar-refractivity contribution in [2.24, 2.45) is 0 Å². The van der Waals surface area contributed by atoms with Gasteiger partial charge >= 0.3 is 0 Å². The average Bonchev–Trinajstić information content (AvgIpc) is 3.06. The average molecular weight is 374 g/mol. The summed E-state index contributed by atoms with van der Waals surface area (Å²) >= 11 is 6.09. The number of rotatable bonds is 2. The van der Waals surface area contributed by atoms with E-state index in [1.54, 1.807) is 0 Å². The van der Waals surface area contributed by atoms with Gasteiger partial charge in [-0.05, 0) is 48.7 Å². The molecule has 4 aromatic rings. The summed E-state index contributed by atoms with van der Waals surface area (Å²) in [6.45, 7) is 2.15. The molecule has 5 rings (SSSR count). The van der Waals surface area contributed by atoms with Gasteiger partial charge < -0.3 is 9.88 Å². The number of fused-ring (bicyclic) bond motifs is 3. The number of imidazole rings is 1. The summed E-state index contributed by atoms with van der Waals surface area (Å²) in [7, 11) is 0. The fraction of sp³-hybridized carbons (Fsp3) is 0.174. The van der Waals surface area contributed by atoms with Gasteiger partial charge in [0.25, 0.3) is 0 Å². The maximum absolute atomic E-state index is 6.09. The summed E-state index contributed by atoms with van der Waals surface area (Å²) in [4.78, 5) is 4.87. The van der Waals surface area contributed by atoms with E-state index in [1.807, 2.05) is 18.2 Å². The molecule has 0 saturated carbocycles. The molecule has 3 nitrogen and oxygen atoms in total. The first-order valence-electron chi connectivity index (χ1n) is 9.24. The maximum Gasteiger partial charge on any atom is 0.204 e. The number of nitrogens with zero attached hydrogens (tertiary/aromatic N) is 2. The summed E-state index contributed by atoms with van der Waals surface area (Å²) in [5.41, 5.74) is 6.02. The third kappa shape index (κ3) is 2.88. The monoisotopic (exact) mass is 373 g/mol. The zero-order valence-electron chi connectivity index (χ0n) is 15.1. The van der Waals surface area contributed by atoms with Crippen LogP contribution < -0.4 is 5.32 Å². The van der Waals surface area contributed by atoms with E-state index >= 15 is 0 Å². The lowest BCUT2D eigenvalue weighted by Crippen LogP contribution is -2.27. The van der Waals surface area contributed by atoms with Gasteiger partial charge in [-0.3, -0.25) is 0 Å². The first kappa shape index (κ1) is 16.4. The highest BCUT2D eigenvalue weighted by atomic mass is 35.5. The molecule has 0 fully saturated rings. The second-order valence-corrected chi connectivity index (χ2v) is 7.64. The Kier molecular flexibility index (Phi) is 3.91. The Labute approximate surface area is 163 Å². The van der Waals surface area contributed by atoms with Crippen LogP contribution in [-0.2, 0) is 0 Å². The second kappa shape index (κ2) is 6.43. The van der Waals surface area contributed by atoms with E-state index in [1.165, 1.54) is 22.2 Å². The topological polar surface area (TPSA) is 29.9 Å². The predicted octanol–water partition coefficient (Wildman–Crippen LogP) is 6.14. The minimum Gasteiger partial charge on any atom is -0.349 e. The second-order valence-electron chi connectivity index (χ2n) is 7.21. The lowest BCUT2D eigenvalue weighted by Gasteiger charge is -2.33. The number of aromatic nitrogens is 2. The highest BCUT2D eigenvalue weighted by Gasteiger charge is 2.30. The minimum atomic E-state index is 0.192. The molecule has 0 aliphatic carbocycles. The van der Waals surface area contributed by atoms with E-state index in [-0.39, 0.29) is 12.1 Å². The van der Waals surface area contributed by atoms with Crippen LogP contribution in [0, 0.1) is 6.92 Å². The Morgan fingerprint density at radius 3 is 2.59 bits per heavy atom. The summed E-state index contributed by atoms with van der Waals surface area (Å²) in [5, 5.41) is 4.41. The number of para-hydroxylation sites is 2. The van der Waals surface area contributed by atoms with Crippen molar-refractivity contribution in [2.45, 2.75) is 25.4 Å². The third-order valence-electron chi connectivity index (χ3n) is 5.37. The molecule has 0 spiro atoms. The van der Waals surface area contributed by atoms with E-state index in [4.69, 9.17) is 16.6 Å². The summed E-state index contributed by atoms with van der Waals surface area (Å²) in [6, 6.07) is 25.7. The summed E-state index contributed by atoms with van der Waals surface area (Å²) in [6.07, 6.45) is 0.957. The fourth-order valence-electron chi connectivity index (χ4n) is 4.08. The van der Waals surface area contributed by atoms with E-state index in [9.17, 15) is 0 Å². The highest BCUT2D eigenvalue weighted by molar-refractivity contribution is 6.30. The number of nitrogens with one attached hydrogen (secondary N) is 1. The van der Waals surface area contributed by atoms with Crippen molar-refractivity contribution in [3.8, 4) is 0 Å². The van der Waals surface area contributed by atoms with Gasteiger partial charge in [-0.15, -0.1) is 0 Å². The summed E-state index contributed by atoms with van der Waals surface area (Å²) in [5.74, 6) is 0.925. The van der Waals surface area contributed by atoms with E-state index < -0.39 is 0 Å². The number of halogens is 1. The molecule has 134 valence electrons. The SMILES string of the molecule is Cc1cccc([C@H]2C[C@@H](c3ccc(Cl)cc3)Nc3nc4ccccc4n32)c1. The van der Waals surface area contributed by atoms with Crippen LogP contribution in [0.3, 0.4) is 0 Å². The third-order valence-corrected chi connectivity index (χ3v) is 5.62. The van der Waals surface area contributed by atoms with Crippen molar-refractivity contribution in [2.75, 3.05) is 5.32 Å². The van der Waals surface area contributed by atoms with Crippen molar-refractivity contribution < 1.29 is 0 Å². The molecule has 0 amide bonds. The van der Waals surface area contributed by atoms with Crippen LogP contribution >= 0.6 is 11.6 Å². The molecule has 0 bridgehead atoms. The fourth-order valence-corrected chi connectivity index (χ4v) is 4.21. The van der Waals surface area contributed by atoms with Gasteiger partial charge in [-0.2, -0.15) is 0 Å². The zero-order valence-corrected chi connectivity index (χ0v) is 15.8. The normalized spacial score (nSPS) is 18.9. The molecule has 1 aliphatic rings. The van der Waals surface area contributed by atoms with Crippen LogP contribution in [0.4, 0.5) is 5.95 Å². The molecule has 0 radical (unpaired) electrons. The molecule has 2 atom stereocenters. The molecule has 0 saturated heterocycles. The van der Waals surface area contributed by atoms with Crippen LogP contribution in [0.5, 0.6) is 0 Å². The molecule has 3 aromatic carbocycles. The Morgan fingerprint density at radius 2 is 1.78 bits per heavy atom. The van der Waals surface area contributed by atoms with Crippen molar-refractivity contribution >= 4 is 28.6 Å². The van der Waals surface area contributed by atoms with Gasteiger partial charge in [-0.25, -0.2) is 4.98 Å². The molecule has 0 unspecified atom stereocenters. The Bertz CT molecular complexity index is 1110.